The monoisotopic (exact) mass is 477 g/mol. The third-order valence-electron chi connectivity index (χ3n) is 5.63. The van der Waals surface area contributed by atoms with E-state index in [2.05, 4.69) is 25.9 Å². The van der Waals surface area contributed by atoms with Crippen LogP contribution in [0.1, 0.15) is 26.7 Å². The molecule has 8 nitrogen and oxygen atoms in total. The number of anilines is 2. The number of rotatable bonds is 6. The molecule has 0 aliphatic carbocycles. The van der Waals surface area contributed by atoms with Crippen LogP contribution in [0.15, 0.2) is 24.4 Å². The summed E-state index contributed by atoms with van der Waals surface area (Å²) in [5.41, 5.74) is 0.616. The lowest BCUT2D eigenvalue weighted by molar-refractivity contribution is -0.177. The third-order valence-corrected chi connectivity index (χ3v) is 5.93. The van der Waals surface area contributed by atoms with Crippen LogP contribution in [0.3, 0.4) is 0 Å². The van der Waals surface area contributed by atoms with Crippen molar-refractivity contribution in [2.24, 2.45) is 5.92 Å². The van der Waals surface area contributed by atoms with Gasteiger partial charge in [-0.05, 0) is 51.4 Å². The second kappa shape index (κ2) is 10.3. The van der Waals surface area contributed by atoms with E-state index in [9.17, 15) is 9.18 Å². The Hall–Kier alpha value is -2.33. The van der Waals surface area contributed by atoms with E-state index in [1.165, 1.54) is 12.3 Å². The number of halogens is 2. The van der Waals surface area contributed by atoms with Crippen molar-refractivity contribution in [3.05, 3.63) is 35.2 Å². The lowest BCUT2D eigenvalue weighted by Crippen LogP contribution is -2.45. The molecule has 2 aromatic heterocycles. The lowest BCUT2D eigenvalue weighted by atomic mass is 9.99. The molecule has 0 bridgehead atoms. The van der Waals surface area contributed by atoms with Crippen molar-refractivity contribution in [1.29, 1.82) is 0 Å². The van der Waals surface area contributed by atoms with E-state index < -0.39 is 11.4 Å². The Bertz CT molecular complexity index is 1000. The van der Waals surface area contributed by atoms with E-state index in [-0.39, 0.29) is 23.7 Å². The van der Waals surface area contributed by atoms with Crippen molar-refractivity contribution in [2.45, 2.75) is 38.4 Å². The molecule has 0 saturated carbocycles. The minimum Gasteiger partial charge on any atom is -0.376 e. The Morgan fingerprint density at radius 3 is 3.00 bits per heavy atom. The lowest BCUT2D eigenvalue weighted by Gasteiger charge is -2.36. The van der Waals surface area contributed by atoms with Gasteiger partial charge in [0.2, 0.25) is 5.91 Å². The van der Waals surface area contributed by atoms with Gasteiger partial charge in [0.25, 0.3) is 0 Å². The first-order valence-electron chi connectivity index (χ1n) is 11.1. The van der Waals surface area contributed by atoms with Gasteiger partial charge in [-0.1, -0.05) is 11.6 Å². The highest BCUT2D eigenvalue weighted by Crippen LogP contribution is 2.30. The quantitative estimate of drug-likeness (QED) is 0.586. The van der Waals surface area contributed by atoms with Gasteiger partial charge in [0.05, 0.1) is 41.6 Å². The molecule has 0 radical (unpaired) electrons. The van der Waals surface area contributed by atoms with Crippen molar-refractivity contribution >= 4 is 29.1 Å². The zero-order chi connectivity index (χ0) is 23.4. The molecule has 10 heteroatoms. The summed E-state index contributed by atoms with van der Waals surface area (Å²) in [5.74, 6) is -0.213. The fourth-order valence-corrected chi connectivity index (χ4v) is 4.19. The number of nitrogens with one attached hydrogen (secondary N) is 3. The number of amides is 1. The Kier molecular flexibility index (Phi) is 7.43. The van der Waals surface area contributed by atoms with Gasteiger partial charge < -0.3 is 25.4 Å². The molecule has 2 fully saturated rings. The number of hydrogen-bond donors (Lipinski definition) is 3. The normalized spacial score (nSPS) is 22.5. The molecule has 2 aromatic rings. The summed E-state index contributed by atoms with van der Waals surface area (Å²) in [4.78, 5) is 21.2. The minimum atomic E-state index is -0.488. The summed E-state index contributed by atoms with van der Waals surface area (Å²) >= 11 is 6.36. The molecule has 2 aliphatic rings. The van der Waals surface area contributed by atoms with Gasteiger partial charge in [0, 0.05) is 24.8 Å². The van der Waals surface area contributed by atoms with Crippen LogP contribution in [0.5, 0.6) is 0 Å². The Morgan fingerprint density at radius 1 is 1.39 bits per heavy atom. The van der Waals surface area contributed by atoms with Crippen molar-refractivity contribution in [2.75, 3.05) is 43.5 Å². The third kappa shape index (κ3) is 6.17. The molecule has 3 N–H and O–H groups in total. The molecule has 2 aliphatic heterocycles. The highest BCUT2D eigenvalue weighted by atomic mass is 35.5. The van der Waals surface area contributed by atoms with Crippen LogP contribution < -0.4 is 16.0 Å². The zero-order valence-corrected chi connectivity index (χ0v) is 19.5. The average Bonchev–Trinajstić information content (AvgIpc) is 2.80. The SMILES string of the molecule is CC1(C)COC[C@@H](CNc2nc(-c3cc(NC(=O)C4CCCNC4)ncc3Cl)ccc2F)O1. The summed E-state index contributed by atoms with van der Waals surface area (Å²) in [6, 6.07) is 4.53. The first-order chi connectivity index (χ1) is 15.8. The number of ether oxygens (including phenoxy) is 2. The van der Waals surface area contributed by atoms with Gasteiger partial charge in [-0.25, -0.2) is 14.4 Å². The van der Waals surface area contributed by atoms with E-state index in [0.717, 1.165) is 19.4 Å². The van der Waals surface area contributed by atoms with Crippen LogP contribution in [0.4, 0.5) is 16.0 Å². The number of aromatic nitrogens is 2. The molecule has 4 heterocycles. The summed E-state index contributed by atoms with van der Waals surface area (Å²) in [6.07, 6.45) is 3.03. The number of piperidine rings is 1. The summed E-state index contributed by atoms with van der Waals surface area (Å²) in [5, 5.41) is 9.45. The van der Waals surface area contributed by atoms with Crippen molar-refractivity contribution in [3.63, 3.8) is 0 Å². The summed E-state index contributed by atoms with van der Waals surface area (Å²) in [6.45, 7) is 6.76. The average molecular weight is 478 g/mol. The van der Waals surface area contributed by atoms with Gasteiger partial charge in [-0.15, -0.1) is 0 Å². The van der Waals surface area contributed by atoms with Crippen LogP contribution in [0, 0.1) is 11.7 Å². The first-order valence-corrected chi connectivity index (χ1v) is 11.5. The maximum Gasteiger partial charge on any atom is 0.229 e. The van der Waals surface area contributed by atoms with Gasteiger partial charge >= 0.3 is 0 Å². The Labute approximate surface area is 197 Å². The standard InChI is InChI=1S/C23H29ClFN5O3/c1-23(2)13-32-12-15(33-23)10-28-21-18(25)5-6-19(29-21)16-8-20(27-11-17(16)24)30-22(31)14-4-3-7-26-9-14/h5-6,8,11,14-15,26H,3-4,7,9-10,12-13H2,1-2H3,(H,28,29)(H,27,30,31)/t14?,15-/m1/s1. The molecule has 0 spiro atoms. The molecule has 2 atom stereocenters. The zero-order valence-electron chi connectivity index (χ0n) is 18.8. The molecule has 2 saturated heterocycles. The summed E-state index contributed by atoms with van der Waals surface area (Å²) in [7, 11) is 0. The van der Waals surface area contributed by atoms with Crippen molar-refractivity contribution in [1.82, 2.24) is 15.3 Å². The molecule has 4 rings (SSSR count). The fraction of sp³-hybridized carbons (Fsp3) is 0.522. The van der Waals surface area contributed by atoms with Gasteiger partial charge in [0.1, 0.15) is 5.82 Å². The van der Waals surface area contributed by atoms with Crippen LogP contribution in [-0.4, -0.2) is 60.4 Å². The number of pyridine rings is 2. The van der Waals surface area contributed by atoms with E-state index in [4.69, 9.17) is 21.1 Å². The molecule has 1 amide bonds. The maximum absolute atomic E-state index is 14.4. The van der Waals surface area contributed by atoms with Gasteiger partial charge in [-0.3, -0.25) is 4.79 Å². The Morgan fingerprint density at radius 2 is 2.24 bits per heavy atom. The van der Waals surface area contributed by atoms with Crippen LogP contribution in [0.25, 0.3) is 11.3 Å². The topological polar surface area (TPSA) is 97.4 Å². The number of hydrogen-bond acceptors (Lipinski definition) is 7. The van der Waals surface area contributed by atoms with Crippen LogP contribution in [-0.2, 0) is 14.3 Å². The van der Waals surface area contributed by atoms with Crippen LogP contribution >= 0.6 is 11.6 Å². The molecule has 33 heavy (non-hydrogen) atoms. The van der Waals surface area contributed by atoms with Gasteiger partial charge in [-0.2, -0.15) is 0 Å². The summed E-state index contributed by atoms with van der Waals surface area (Å²) < 4.78 is 26.0. The van der Waals surface area contributed by atoms with Crippen molar-refractivity contribution in [3.8, 4) is 11.3 Å². The van der Waals surface area contributed by atoms with E-state index in [0.29, 0.717) is 48.4 Å². The number of nitrogens with zero attached hydrogens (tertiary/aromatic N) is 2. The molecule has 0 aromatic carbocycles. The smallest absolute Gasteiger partial charge is 0.229 e. The number of carbonyl (C=O) groups excluding carboxylic acids is 1. The maximum atomic E-state index is 14.4. The largest absolute Gasteiger partial charge is 0.376 e. The van der Waals surface area contributed by atoms with E-state index in [1.54, 1.807) is 12.1 Å². The first kappa shape index (κ1) is 23.8. The predicted molar refractivity (Wildman–Crippen MR) is 125 cm³/mol. The second-order valence-corrected chi connectivity index (χ2v) is 9.41. The highest BCUT2D eigenvalue weighted by molar-refractivity contribution is 6.33. The van der Waals surface area contributed by atoms with E-state index >= 15 is 0 Å². The molecular formula is C23H29ClFN5O3. The van der Waals surface area contributed by atoms with Crippen molar-refractivity contribution < 1.29 is 18.7 Å². The molecular weight excluding hydrogens is 449 g/mol. The predicted octanol–water partition coefficient (Wildman–Crippen LogP) is 3.48. The minimum absolute atomic E-state index is 0.0879. The Balaban J connectivity index is 1.48. The van der Waals surface area contributed by atoms with Gasteiger partial charge in [0.15, 0.2) is 11.6 Å². The second-order valence-electron chi connectivity index (χ2n) is 9.00. The highest BCUT2D eigenvalue weighted by Gasteiger charge is 2.29. The molecule has 1 unspecified atom stereocenters. The fourth-order valence-electron chi connectivity index (χ4n) is 3.99. The van der Waals surface area contributed by atoms with E-state index in [1.807, 2.05) is 13.8 Å². The van der Waals surface area contributed by atoms with Crippen LogP contribution in [0.2, 0.25) is 5.02 Å². The molecule has 178 valence electrons. The number of carbonyl (C=O) groups is 1.